The number of aromatic nitrogens is 3. The summed E-state index contributed by atoms with van der Waals surface area (Å²) in [5.41, 5.74) is 1.05. The van der Waals surface area contributed by atoms with Crippen LogP contribution in [0.1, 0.15) is 5.56 Å². The minimum atomic E-state index is 0.497. The molecule has 78 valence electrons. The molecule has 0 spiro atoms. The molecule has 0 fully saturated rings. The fraction of sp³-hybridized carbons (Fsp3) is 0.200. The normalized spacial score (nSPS) is 10.3. The average molecular weight is 224 g/mol. The number of methoxy groups -OCH3 is 1. The molecule has 0 saturated heterocycles. The fourth-order valence-electron chi connectivity index (χ4n) is 1.22. The van der Waals surface area contributed by atoms with Crippen LogP contribution < -0.4 is 4.74 Å². The molecule has 15 heavy (non-hydrogen) atoms. The Labute approximate surface area is 92.5 Å². The van der Waals surface area contributed by atoms with Crippen molar-refractivity contribution in [2.75, 3.05) is 7.11 Å². The van der Waals surface area contributed by atoms with E-state index in [-0.39, 0.29) is 0 Å². The van der Waals surface area contributed by atoms with E-state index in [9.17, 15) is 0 Å². The van der Waals surface area contributed by atoms with E-state index in [0.29, 0.717) is 11.7 Å². The van der Waals surface area contributed by atoms with E-state index in [0.717, 1.165) is 11.3 Å². The quantitative estimate of drug-likeness (QED) is 0.748. The maximum atomic E-state index is 5.69. The van der Waals surface area contributed by atoms with Crippen molar-refractivity contribution in [1.82, 2.24) is 14.8 Å². The van der Waals surface area contributed by atoms with Gasteiger partial charge in [-0.15, -0.1) is 0 Å². The van der Waals surface area contributed by atoms with Crippen LogP contribution in [-0.4, -0.2) is 21.9 Å². The smallest absolute Gasteiger partial charge is 0.156 e. The maximum absolute atomic E-state index is 5.69. The zero-order chi connectivity index (χ0) is 10.7. The van der Waals surface area contributed by atoms with Crippen molar-refractivity contribution in [1.29, 1.82) is 0 Å². The summed E-state index contributed by atoms with van der Waals surface area (Å²) >= 11 is 5.69. The largest absolute Gasteiger partial charge is 0.493 e. The number of hydrogen-bond acceptors (Lipinski definition) is 3. The molecule has 0 amide bonds. The predicted octanol–water partition coefficient (Wildman–Crippen LogP) is 1.99. The van der Waals surface area contributed by atoms with Crippen molar-refractivity contribution in [2.45, 2.75) is 6.54 Å². The molecule has 2 aromatic heterocycles. The van der Waals surface area contributed by atoms with E-state index in [1.54, 1.807) is 30.3 Å². The molecule has 2 rings (SSSR count). The van der Waals surface area contributed by atoms with Gasteiger partial charge in [0.2, 0.25) is 0 Å². The number of halogens is 1. The monoisotopic (exact) mass is 223 g/mol. The van der Waals surface area contributed by atoms with Crippen molar-refractivity contribution >= 4 is 11.6 Å². The zero-order valence-electron chi connectivity index (χ0n) is 8.22. The fourth-order valence-corrected chi connectivity index (χ4v) is 1.34. The molecule has 0 radical (unpaired) electrons. The second kappa shape index (κ2) is 4.31. The molecule has 0 unspecified atom stereocenters. The van der Waals surface area contributed by atoms with Gasteiger partial charge in [0.15, 0.2) is 5.75 Å². The van der Waals surface area contributed by atoms with Gasteiger partial charge in [-0.05, 0) is 11.6 Å². The van der Waals surface area contributed by atoms with Crippen LogP contribution in [0, 0.1) is 0 Å². The van der Waals surface area contributed by atoms with E-state index in [4.69, 9.17) is 16.3 Å². The summed E-state index contributed by atoms with van der Waals surface area (Å²) in [7, 11) is 1.62. The highest BCUT2D eigenvalue weighted by Gasteiger charge is 1.99. The lowest BCUT2D eigenvalue weighted by atomic mass is 10.3. The Balaban J connectivity index is 2.11. The second-order valence-corrected chi connectivity index (χ2v) is 3.45. The Morgan fingerprint density at radius 2 is 2.27 bits per heavy atom. The van der Waals surface area contributed by atoms with Crippen LogP contribution in [0.15, 0.2) is 30.7 Å². The van der Waals surface area contributed by atoms with Crippen LogP contribution in [-0.2, 0) is 6.54 Å². The maximum Gasteiger partial charge on any atom is 0.156 e. The van der Waals surface area contributed by atoms with Crippen molar-refractivity contribution < 1.29 is 4.74 Å². The van der Waals surface area contributed by atoms with Gasteiger partial charge in [0.1, 0.15) is 5.15 Å². The molecular formula is C10H10ClN3O. The first-order chi connectivity index (χ1) is 7.28. The van der Waals surface area contributed by atoms with Crippen LogP contribution in [0.2, 0.25) is 5.15 Å². The Bertz CT molecular complexity index is 438. The van der Waals surface area contributed by atoms with Gasteiger partial charge in [-0.1, -0.05) is 17.7 Å². The highest BCUT2D eigenvalue weighted by atomic mass is 35.5. The Morgan fingerprint density at radius 3 is 2.87 bits per heavy atom. The third-order valence-corrected chi connectivity index (χ3v) is 2.20. The summed E-state index contributed by atoms with van der Waals surface area (Å²) < 4.78 is 6.81. The lowest BCUT2D eigenvalue weighted by Crippen LogP contribution is -1.99. The van der Waals surface area contributed by atoms with Gasteiger partial charge in [0.25, 0.3) is 0 Å². The van der Waals surface area contributed by atoms with Crippen LogP contribution in [0.5, 0.6) is 5.75 Å². The average Bonchev–Trinajstić information content (AvgIpc) is 2.69. The molecule has 0 aliphatic heterocycles. The molecule has 0 atom stereocenters. The number of hydrogen-bond donors (Lipinski definition) is 0. The predicted molar refractivity (Wildman–Crippen MR) is 57.1 cm³/mol. The van der Waals surface area contributed by atoms with Gasteiger partial charge >= 0.3 is 0 Å². The molecule has 0 aromatic carbocycles. The lowest BCUT2D eigenvalue weighted by molar-refractivity contribution is 0.414. The van der Waals surface area contributed by atoms with Crippen LogP contribution in [0.3, 0.4) is 0 Å². The van der Waals surface area contributed by atoms with Crippen molar-refractivity contribution in [3.8, 4) is 5.75 Å². The Kier molecular flexibility index (Phi) is 2.87. The van der Waals surface area contributed by atoms with Crippen LogP contribution in [0.4, 0.5) is 0 Å². The highest BCUT2D eigenvalue weighted by molar-refractivity contribution is 6.29. The number of rotatable bonds is 3. The number of ether oxygens (including phenoxy) is 1. The molecule has 2 heterocycles. The minimum absolute atomic E-state index is 0.497. The summed E-state index contributed by atoms with van der Waals surface area (Å²) in [6.07, 6.45) is 5.23. The third-order valence-electron chi connectivity index (χ3n) is 1.98. The molecule has 0 bridgehead atoms. The summed E-state index contributed by atoms with van der Waals surface area (Å²) in [6, 6.07) is 3.68. The van der Waals surface area contributed by atoms with Crippen LogP contribution >= 0.6 is 11.6 Å². The van der Waals surface area contributed by atoms with Crippen molar-refractivity contribution in [3.05, 3.63) is 41.4 Å². The van der Waals surface area contributed by atoms with E-state index in [2.05, 4.69) is 10.1 Å². The number of pyridine rings is 1. The molecule has 0 saturated carbocycles. The molecule has 0 aliphatic carbocycles. The van der Waals surface area contributed by atoms with E-state index < -0.39 is 0 Å². The summed E-state index contributed by atoms with van der Waals surface area (Å²) in [4.78, 5) is 4.00. The van der Waals surface area contributed by atoms with E-state index in [1.165, 1.54) is 0 Å². The lowest BCUT2D eigenvalue weighted by Gasteiger charge is -2.00. The summed E-state index contributed by atoms with van der Waals surface area (Å²) in [6.45, 7) is 0.660. The molecule has 4 nitrogen and oxygen atoms in total. The molecule has 5 heteroatoms. The second-order valence-electron chi connectivity index (χ2n) is 3.07. The SMILES string of the molecule is COc1cnn(Cc2ccc(Cl)nc2)c1. The molecular weight excluding hydrogens is 214 g/mol. The highest BCUT2D eigenvalue weighted by Crippen LogP contribution is 2.10. The minimum Gasteiger partial charge on any atom is -0.493 e. The Morgan fingerprint density at radius 1 is 1.40 bits per heavy atom. The topological polar surface area (TPSA) is 39.9 Å². The van der Waals surface area contributed by atoms with Gasteiger partial charge in [-0.25, -0.2) is 4.98 Å². The summed E-state index contributed by atoms with van der Waals surface area (Å²) in [5, 5.41) is 4.63. The first kappa shape index (κ1) is 9.98. The third kappa shape index (κ3) is 2.47. The Hall–Kier alpha value is -1.55. The van der Waals surface area contributed by atoms with Crippen molar-refractivity contribution in [3.63, 3.8) is 0 Å². The zero-order valence-corrected chi connectivity index (χ0v) is 8.98. The number of nitrogens with zero attached hydrogens (tertiary/aromatic N) is 3. The van der Waals surface area contributed by atoms with E-state index in [1.807, 2.05) is 12.3 Å². The van der Waals surface area contributed by atoms with Gasteiger partial charge < -0.3 is 4.74 Å². The van der Waals surface area contributed by atoms with Gasteiger partial charge in [-0.2, -0.15) is 5.10 Å². The summed E-state index contributed by atoms with van der Waals surface area (Å²) in [5.74, 6) is 0.747. The molecule has 0 aliphatic rings. The van der Waals surface area contributed by atoms with Gasteiger partial charge in [0.05, 0.1) is 26.0 Å². The van der Waals surface area contributed by atoms with Gasteiger partial charge in [-0.3, -0.25) is 4.68 Å². The molecule has 0 N–H and O–H groups in total. The van der Waals surface area contributed by atoms with Crippen molar-refractivity contribution in [2.24, 2.45) is 0 Å². The van der Waals surface area contributed by atoms with Gasteiger partial charge in [0, 0.05) is 6.20 Å². The van der Waals surface area contributed by atoms with E-state index >= 15 is 0 Å². The first-order valence-corrected chi connectivity index (χ1v) is 4.82. The first-order valence-electron chi connectivity index (χ1n) is 4.45. The standard InChI is InChI=1S/C10H10ClN3O/c1-15-9-5-13-14(7-9)6-8-2-3-10(11)12-4-8/h2-5,7H,6H2,1H3. The molecule has 2 aromatic rings. The van der Waals surface area contributed by atoms with Crippen LogP contribution in [0.25, 0.3) is 0 Å².